The van der Waals surface area contributed by atoms with Crippen LogP contribution in [0.1, 0.15) is 0 Å². The highest BCUT2D eigenvalue weighted by atomic mass is 16.5. The third kappa shape index (κ3) is 3.97. The molecular weight excluding hydrogens is 641 g/mol. The minimum atomic E-state index is 0.908. The largest absolute Gasteiger partial charge is 0.455 e. The molecule has 12 rings (SSSR count). The van der Waals surface area contributed by atoms with E-state index in [0.29, 0.717) is 0 Å². The van der Waals surface area contributed by atoms with Crippen molar-refractivity contribution in [2.75, 3.05) is 0 Å². The zero-order chi connectivity index (χ0) is 34.6. The first-order chi connectivity index (χ1) is 26.3. The van der Waals surface area contributed by atoms with Gasteiger partial charge in [-0.2, -0.15) is 0 Å². The Labute approximate surface area is 307 Å². The molecule has 0 spiro atoms. The number of hydrogen-bond acceptors (Lipinski definition) is 1. The van der Waals surface area contributed by atoms with Crippen molar-refractivity contribution in [3.63, 3.8) is 0 Å². The van der Waals surface area contributed by atoms with Gasteiger partial charge in [0.1, 0.15) is 11.5 Å². The van der Waals surface area contributed by atoms with Crippen LogP contribution in [0, 0.1) is 0 Å². The molecule has 0 saturated heterocycles. The average Bonchev–Trinajstić information content (AvgIpc) is 3.55. The Morgan fingerprint density at radius 1 is 0.283 bits per heavy atom. The molecule has 0 radical (unpaired) electrons. The van der Waals surface area contributed by atoms with E-state index >= 15 is 0 Å². The van der Waals surface area contributed by atoms with Crippen molar-refractivity contribution >= 4 is 43.1 Å². The molecule has 1 aliphatic heterocycles. The first-order valence-corrected chi connectivity index (χ1v) is 18.3. The third-order valence-corrected chi connectivity index (χ3v) is 11.6. The topological polar surface area (TPSA) is 9.23 Å². The van der Waals surface area contributed by atoms with Crippen LogP contribution in [0.4, 0.5) is 0 Å². The Morgan fingerprint density at radius 2 is 0.849 bits per heavy atom. The monoisotopic (exact) mass is 670 g/mol. The summed E-state index contributed by atoms with van der Waals surface area (Å²) in [6, 6.07) is 66.7. The second-order valence-corrected chi connectivity index (χ2v) is 14.3. The lowest BCUT2D eigenvalue weighted by atomic mass is 9.82. The van der Waals surface area contributed by atoms with Gasteiger partial charge in [-0.25, -0.2) is 0 Å². The molecule has 1 heteroatoms. The Kier molecular flexibility index (Phi) is 5.84. The fraction of sp³-hybridized carbons (Fsp3) is 0. The van der Waals surface area contributed by atoms with Crippen molar-refractivity contribution in [2.24, 2.45) is 0 Å². The van der Waals surface area contributed by atoms with Gasteiger partial charge in [-0.15, -0.1) is 0 Å². The predicted molar refractivity (Wildman–Crippen MR) is 223 cm³/mol. The minimum absolute atomic E-state index is 0.908. The fourth-order valence-corrected chi connectivity index (χ4v) is 9.39. The SMILES string of the molecule is c1ccc(-c2c3c(c(-c4cccc(-c5ccc6c7c(cccc57)-c5ccc7ccccc7c5O6)c4)c4ccccc24)-c2cccc4cccc-3c24)cc1. The first-order valence-electron chi connectivity index (χ1n) is 18.3. The molecular formula is C52H30O. The van der Waals surface area contributed by atoms with Gasteiger partial charge in [0.05, 0.1) is 0 Å². The molecule has 53 heavy (non-hydrogen) atoms. The lowest BCUT2D eigenvalue weighted by Crippen LogP contribution is -1.99. The molecule has 0 bridgehead atoms. The molecule has 10 aromatic rings. The zero-order valence-corrected chi connectivity index (χ0v) is 28.7. The fourth-order valence-electron chi connectivity index (χ4n) is 9.39. The highest BCUT2D eigenvalue weighted by Crippen LogP contribution is 2.58. The Hall–Kier alpha value is -6.96. The molecule has 0 N–H and O–H groups in total. The van der Waals surface area contributed by atoms with Gasteiger partial charge in [0.25, 0.3) is 0 Å². The summed E-state index contributed by atoms with van der Waals surface area (Å²) in [5, 5.41) is 9.84. The maximum Gasteiger partial charge on any atom is 0.143 e. The van der Waals surface area contributed by atoms with Crippen LogP contribution in [0.5, 0.6) is 11.5 Å². The normalized spacial score (nSPS) is 12.3. The Morgan fingerprint density at radius 3 is 1.64 bits per heavy atom. The molecule has 2 aliphatic rings. The van der Waals surface area contributed by atoms with Crippen LogP contribution in [0.2, 0.25) is 0 Å². The highest BCUT2D eigenvalue weighted by Gasteiger charge is 2.30. The maximum absolute atomic E-state index is 6.75. The summed E-state index contributed by atoms with van der Waals surface area (Å²) in [5.74, 6) is 1.85. The lowest BCUT2D eigenvalue weighted by Gasteiger charge is -2.24. The van der Waals surface area contributed by atoms with Crippen molar-refractivity contribution in [1.29, 1.82) is 0 Å². The van der Waals surface area contributed by atoms with Crippen molar-refractivity contribution in [3.8, 4) is 78.3 Å². The van der Waals surface area contributed by atoms with Gasteiger partial charge >= 0.3 is 0 Å². The molecule has 0 saturated carbocycles. The van der Waals surface area contributed by atoms with E-state index in [4.69, 9.17) is 4.74 Å². The Balaban J connectivity index is 1.12. The number of rotatable bonds is 3. The van der Waals surface area contributed by atoms with Crippen LogP contribution in [0.25, 0.3) is 110 Å². The molecule has 10 aromatic carbocycles. The van der Waals surface area contributed by atoms with E-state index in [-0.39, 0.29) is 0 Å². The van der Waals surface area contributed by atoms with Crippen molar-refractivity contribution in [1.82, 2.24) is 0 Å². The summed E-state index contributed by atoms with van der Waals surface area (Å²) in [7, 11) is 0. The van der Waals surface area contributed by atoms with Gasteiger partial charge in [0.2, 0.25) is 0 Å². The number of ether oxygens (including phenoxy) is 1. The minimum Gasteiger partial charge on any atom is -0.455 e. The maximum atomic E-state index is 6.75. The van der Waals surface area contributed by atoms with Gasteiger partial charge in [-0.1, -0.05) is 164 Å². The van der Waals surface area contributed by atoms with Gasteiger partial charge in [0.15, 0.2) is 0 Å². The summed E-state index contributed by atoms with van der Waals surface area (Å²) in [6.45, 7) is 0. The van der Waals surface area contributed by atoms with E-state index in [9.17, 15) is 0 Å². The molecule has 0 fully saturated rings. The highest BCUT2D eigenvalue weighted by molar-refractivity contribution is 6.27. The standard InChI is InChI=1S/C52H30O/c1-2-13-33(14-3-1)47-39-20-6-7-21-40(39)48(51-44-25-10-16-32-15-9-24-43(46(32)44)50(47)51)35-18-8-17-34(30-35)36-28-29-45-49-38(36)22-11-23-41(49)42-27-26-31-12-4-5-19-37(31)52(42)53-45/h1-30H. The lowest BCUT2D eigenvalue weighted by molar-refractivity contribution is 0.493. The van der Waals surface area contributed by atoms with Crippen molar-refractivity contribution < 1.29 is 4.74 Å². The molecule has 0 unspecified atom stereocenters. The summed E-state index contributed by atoms with van der Waals surface area (Å²) < 4.78 is 6.75. The van der Waals surface area contributed by atoms with Crippen LogP contribution in [0.3, 0.4) is 0 Å². The Bertz CT molecular complexity index is 3180. The van der Waals surface area contributed by atoms with Crippen LogP contribution >= 0.6 is 0 Å². The van der Waals surface area contributed by atoms with E-state index in [1.54, 1.807) is 0 Å². The molecule has 0 aromatic heterocycles. The van der Waals surface area contributed by atoms with Gasteiger partial charge < -0.3 is 4.74 Å². The predicted octanol–water partition coefficient (Wildman–Crippen LogP) is 14.7. The summed E-state index contributed by atoms with van der Waals surface area (Å²) >= 11 is 0. The molecule has 1 heterocycles. The number of hydrogen-bond donors (Lipinski definition) is 0. The van der Waals surface area contributed by atoms with Crippen LogP contribution in [-0.2, 0) is 0 Å². The summed E-state index contributed by atoms with van der Waals surface area (Å²) in [6.07, 6.45) is 0. The van der Waals surface area contributed by atoms with Crippen LogP contribution in [0.15, 0.2) is 182 Å². The van der Waals surface area contributed by atoms with Crippen LogP contribution in [-0.4, -0.2) is 0 Å². The van der Waals surface area contributed by atoms with E-state index in [2.05, 4.69) is 182 Å². The molecule has 1 nitrogen and oxygen atoms in total. The first kappa shape index (κ1) is 28.7. The van der Waals surface area contributed by atoms with Crippen molar-refractivity contribution in [3.05, 3.63) is 182 Å². The average molecular weight is 671 g/mol. The molecule has 1 aliphatic carbocycles. The van der Waals surface area contributed by atoms with Crippen molar-refractivity contribution in [2.45, 2.75) is 0 Å². The van der Waals surface area contributed by atoms with E-state index in [0.717, 1.165) is 22.4 Å². The van der Waals surface area contributed by atoms with Gasteiger partial charge in [0, 0.05) is 16.3 Å². The second kappa shape index (κ2) is 10.8. The third-order valence-electron chi connectivity index (χ3n) is 11.6. The smallest absolute Gasteiger partial charge is 0.143 e. The van der Waals surface area contributed by atoms with Crippen LogP contribution < -0.4 is 4.74 Å². The molecule has 0 amide bonds. The number of fused-ring (bicyclic) bond motifs is 8. The quantitative estimate of drug-likeness (QED) is 0.182. The summed E-state index contributed by atoms with van der Waals surface area (Å²) in [5.41, 5.74) is 15.1. The van der Waals surface area contributed by atoms with E-state index in [1.807, 2.05) is 0 Å². The van der Waals surface area contributed by atoms with Gasteiger partial charge in [-0.3, -0.25) is 0 Å². The molecule has 244 valence electrons. The van der Waals surface area contributed by atoms with E-state index < -0.39 is 0 Å². The number of benzene rings is 10. The molecule has 0 atom stereocenters. The van der Waals surface area contributed by atoms with Gasteiger partial charge in [-0.05, 0) is 112 Å². The second-order valence-electron chi connectivity index (χ2n) is 14.3. The van der Waals surface area contributed by atoms with E-state index in [1.165, 1.54) is 98.9 Å². The summed E-state index contributed by atoms with van der Waals surface area (Å²) in [4.78, 5) is 0. The zero-order valence-electron chi connectivity index (χ0n) is 28.7.